The molecule has 0 spiro atoms. The largest absolute Gasteiger partial charge is 0.352 e. The minimum absolute atomic E-state index is 0.0440. The van der Waals surface area contributed by atoms with Crippen molar-refractivity contribution in [3.05, 3.63) is 125 Å². The molecule has 3 N–H and O–H groups in total. The van der Waals surface area contributed by atoms with Crippen LogP contribution in [0.15, 0.2) is 122 Å². The zero-order valence-corrected chi connectivity index (χ0v) is 46.2. The fourth-order valence-corrected chi connectivity index (χ4v) is 12.6. The van der Waals surface area contributed by atoms with Gasteiger partial charge < -0.3 is 4.98 Å². The van der Waals surface area contributed by atoms with Crippen molar-refractivity contribution in [2.24, 2.45) is 0 Å². The topological polar surface area (TPSA) is 259 Å². The highest BCUT2D eigenvalue weighted by atomic mass is 79.9. The molecule has 18 nitrogen and oxygen atoms in total. The number of H-pyrrole nitrogens is 1. The first kappa shape index (κ1) is 56.3. The van der Waals surface area contributed by atoms with Gasteiger partial charge in [-0.15, -0.1) is 0 Å². The van der Waals surface area contributed by atoms with Crippen LogP contribution in [0.25, 0.3) is 50.5 Å². The molecule has 0 saturated heterocycles. The van der Waals surface area contributed by atoms with E-state index in [0.29, 0.717) is 39.7 Å². The lowest BCUT2D eigenvalue weighted by atomic mass is 10.1. The standard InChI is InChI=1S/C24H26FN5O4S2.C20H24FN3O4S2.C4H3BrN2/c1-6-15-12-20-17(13-18(15)25)22(35(5,31)32)21(30(20)23-26-10-7-11-27-23)19-9-8-16(14-28-19)36(33,34)29-24(2,3)4;1-6-12-9-17-14(10-15(12)21)19(29(5,25)26)18(23-17)16-8-7-13(11-22-16)30(27,28)24-20(2,3)4;5-4-6-2-1-3-7-4/h7-14,29H,6H2,1-5H3;7-11,23-24H,6H2,1-5H3;1-3H. The molecule has 0 unspecified atom stereocenters. The van der Waals surface area contributed by atoms with Crippen molar-refractivity contribution in [3.63, 3.8) is 0 Å². The van der Waals surface area contributed by atoms with E-state index in [1.165, 1.54) is 59.6 Å². The highest BCUT2D eigenvalue weighted by Crippen LogP contribution is 2.40. The van der Waals surface area contributed by atoms with Gasteiger partial charge in [-0.05, 0) is 142 Å². The van der Waals surface area contributed by atoms with Gasteiger partial charge in [0.2, 0.25) is 26.0 Å². The van der Waals surface area contributed by atoms with Crippen molar-refractivity contribution in [1.82, 2.24) is 48.9 Å². The second-order valence-corrected chi connectivity index (χ2v) is 26.6. The van der Waals surface area contributed by atoms with Gasteiger partial charge in [0.15, 0.2) is 24.4 Å². The van der Waals surface area contributed by atoms with Crippen LogP contribution >= 0.6 is 15.9 Å². The number of halogens is 3. The summed E-state index contributed by atoms with van der Waals surface area (Å²) in [6.07, 6.45) is 11.6. The quantitative estimate of drug-likeness (QED) is 0.103. The molecule has 0 amide bonds. The summed E-state index contributed by atoms with van der Waals surface area (Å²) in [5.74, 6) is -0.854. The molecule has 25 heteroatoms. The molecule has 0 saturated carbocycles. The maximum Gasteiger partial charge on any atom is 0.242 e. The highest BCUT2D eigenvalue weighted by Gasteiger charge is 2.31. The lowest BCUT2D eigenvalue weighted by Crippen LogP contribution is -2.40. The molecule has 388 valence electrons. The molecule has 8 rings (SSSR count). The third kappa shape index (κ3) is 13.4. The number of hydrogen-bond donors (Lipinski definition) is 3. The van der Waals surface area contributed by atoms with Gasteiger partial charge in [-0.25, -0.2) is 71.8 Å². The molecule has 0 bridgehead atoms. The average Bonchev–Trinajstić information content (AvgIpc) is 3.84. The molecular weight excluding hydrogens is 1090 g/mol. The number of pyridine rings is 2. The number of rotatable bonds is 11. The molecular formula is C48H53BrF2N10O8S4. The normalized spacial score (nSPS) is 12.6. The molecule has 6 heterocycles. The molecule has 0 fully saturated rings. The number of fused-ring (bicyclic) bond motifs is 2. The summed E-state index contributed by atoms with van der Waals surface area (Å²) in [7, 11) is -15.3. The van der Waals surface area contributed by atoms with Crippen LogP contribution < -0.4 is 9.44 Å². The minimum Gasteiger partial charge on any atom is -0.352 e. The van der Waals surface area contributed by atoms with Gasteiger partial charge in [-0.1, -0.05) is 13.8 Å². The predicted octanol–water partition coefficient (Wildman–Crippen LogP) is 8.32. The van der Waals surface area contributed by atoms with E-state index >= 15 is 0 Å². The van der Waals surface area contributed by atoms with Crippen LogP contribution in [0.2, 0.25) is 0 Å². The highest BCUT2D eigenvalue weighted by molar-refractivity contribution is 9.10. The Morgan fingerprint density at radius 2 is 1.05 bits per heavy atom. The first-order valence-electron chi connectivity index (χ1n) is 22.2. The van der Waals surface area contributed by atoms with Crippen molar-refractivity contribution in [2.75, 3.05) is 12.5 Å². The number of aromatic amines is 1. The second-order valence-electron chi connectivity index (χ2n) is 18.6. The Labute approximate surface area is 431 Å². The van der Waals surface area contributed by atoms with Crippen LogP contribution in [0.1, 0.15) is 66.5 Å². The number of sulfonamides is 2. The number of aryl methyl sites for hydroxylation is 2. The zero-order chi connectivity index (χ0) is 54.1. The fourth-order valence-electron chi connectivity index (χ4n) is 7.46. The van der Waals surface area contributed by atoms with E-state index in [1.54, 1.807) is 92.0 Å². The maximum atomic E-state index is 14.8. The smallest absolute Gasteiger partial charge is 0.242 e. The van der Waals surface area contributed by atoms with Crippen molar-refractivity contribution in [3.8, 4) is 28.7 Å². The summed E-state index contributed by atoms with van der Waals surface area (Å²) in [5, 5.41) is 0.387. The van der Waals surface area contributed by atoms with Crippen LogP contribution in [-0.4, -0.2) is 96.7 Å². The Bertz CT molecular complexity index is 3780. The van der Waals surface area contributed by atoms with Gasteiger partial charge >= 0.3 is 0 Å². The van der Waals surface area contributed by atoms with Crippen molar-refractivity contribution in [1.29, 1.82) is 0 Å². The molecule has 2 aromatic carbocycles. The summed E-state index contributed by atoms with van der Waals surface area (Å²) in [6.45, 7) is 13.9. The van der Waals surface area contributed by atoms with E-state index in [9.17, 15) is 42.5 Å². The van der Waals surface area contributed by atoms with Gasteiger partial charge in [0.05, 0.1) is 28.3 Å². The van der Waals surface area contributed by atoms with E-state index < -0.39 is 62.4 Å². The van der Waals surface area contributed by atoms with Crippen LogP contribution in [0.4, 0.5) is 8.78 Å². The van der Waals surface area contributed by atoms with Crippen LogP contribution in [0.5, 0.6) is 0 Å². The molecule has 0 radical (unpaired) electrons. The van der Waals surface area contributed by atoms with Crippen LogP contribution in [0, 0.1) is 11.6 Å². The van der Waals surface area contributed by atoms with Gasteiger partial charge in [0.1, 0.15) is 31.2 Å². The first-order chi connectivity index (χ1) is 33.8. The number of hydrogen-bond acceptors (Lipinski definition) is 14. The lowest BCUT2D eigenvalue weighted by molar-refractivity contribution is 0.489. The molecule has 0 aliphatic carbocycles. The molecule has 73 heavy (non-hydrogen) atoms. The van der Waals surface area contributed by atoms with E-state index in [1.807, 2.05) is 0 Å². The van der Waals surface area contributed by atoms with Crippen LogP contribution in [-0.2, 0) is 52.6 Å². The fraction of sp³-hybridized carbons (Fsp3) is 0.292. The summed E-state index contributed by atoms with van der Waals surface area (Å²) >= 11 is 3.09. The first-order valence-corrected chi connectivity index (χ1v) is 29.7. The van der Waals surface area contributed by atoms with Crippen molar-refractivity contribution in [2.45, 2.75) is 98.9 Å². The maximum absolute atomic E-state index is 14.8. The van der Waals surface area contributed by atoms with Gasteiger partial charge in [0.25, 0.3) is 0 Å². The Hall–Kier alpha value is -5.96. The van der Waals surface area contributed by atoms with E-state index in [2.05, 4.69) is 60.3 Å². The molecule has 8 aromatic rings. The Kier molecular flexibility index (Phi) is 16.6. The Balaban J connectivity index is 0.000000212. The monoisotopic (exact) mass is 1140 g/mol. The summed E-state index contributed by atoms with van der Waals surface area (Å²) in [6, 6.07) is 14.5. The van der Waals surface area contributed by atoms with Gasteiger partial charge in [-0.2, -0.15) is 0 Å². The third-order valence-corrected chi connectivity index (χ3v) is 16.5. The lowest BCUT2D eigenvalue weighted by Gasteiger charge is -2.20. The van der Waals surface area contributed by atoms with E-state index in [4.69, 9.17) is 0 Å². The molecule has 0 atom stereocenters. The average molecular weight is 1140 g/mol. The molecule has 0 aliphatic heterocycles. The number of aromatic nitrogens is 8. The third-order valence-electron chi connectivity index (χ3n) is 10.3. The molecule has 6 aromatic heterocycles. The number of nitrogens with zero attached hydrogens (tertiary/aromatic N) is 7. The minimum atomic E-state index is -3.91. The van der Waals surface area contributed by atoms with Crippen LogP contribution in [0.3, 0.4) is 0 Å². The number of nitrogens with one attached hydrogen (secondary N) is 3. The SMILES string of the molecule is Brc1ncccn1.CCc1cc2[nH]c(-c3ccc(S(=O)(=O)NC(C)(C)C)cn3)c(S(C)(=O)=O)c2cc1F.CCc1cc2c(cc1F)c(S(C)(=O)=O)c(-c1ccc(S(=O)(=O)NC(C)(C)C)cn1)n2-c1ncccn1. The van der Waals surface area contributed by atoms with E-state index in [-0.39, 0.29) is 59.1 Å². The summed E-state index contributed by atoms with van der Waals surface area (Å²) in [5.41, 5.74) is 1.03. The number of benzene rings is 2. The summed E-state index contributed by atoms with van der Waals surface area (Å²) in [4.78, 5) is 27.3. The van der Waals surface area contributed by atoms with Gasteiger partial charge in [-0.3, -0.25) is 14.5 Å². The predicted molar refractivity (Wildman–Crippen MR) is 278 cm³/mol. The van der Waals surface area contributed by atoms with Crippen molar-refractivity contribution < 1.29 is 42.5 Å². The van der Waals surface area contributed by atoms with E-state index in [0.717, 1.165) is 18.7 Å². The Morgan fingerprint density at radius 1 is 0.603 bits per heavy atom. The van der Waals surface area contributed by atoms with Crippen molar-refractivity contribution >= 4 is 77.5 Å². The molecule has 0 aliphatic rings. The van der Waals surface area contributed by atoms with Gasteiger partial charge in [0, 0.05) is 77.1 Å². The Morgan fingerprint density at radius 3 is 1.47 bits per heavy atom. The second kappa shape index (κ2) is 21.5. The summed E-state index contributed by atoms with van der Waals surface area (Å²) < 4.78 is 138. The number of sulfone groups is 2. The zero-order valence-electron chi connectivity index (χ0n) is 41.3.